The molecular formula is C15H25N3O4S. The maximum atomic E-state index is 12.0. The summed E-state index contributed by atoms with van der Waals surface area (Å²) >= 11 is 0. The first-order valence-electron chi connectivity index (χ1n) is 7.89. The number of hydrogen-bond acceptors (Lipinski definition) is 6. The number of aryl methyl sites for hydroxylation is 1. The van der Waals surface area contributed by atoms with Crippen molar-refractivity contribution in [2.24, 2.45) is 0 Å². The van der Waals surface area contributed by atoms with E-state index in [0.717, 1.165) is 25.1 Å². The van der Waals surface area contributed by atoms with Crippen LogP contribution in [0.4, 0.5) is 0 Å². The zero-order valence-electron chi connectivity index (χ0n) is 14.0. The number of hydrogen-bond donors (Lipinski definition) is 0. The van der Waals surface area contributed by atoms with E-state index in [1.54, 1.807) is 18.0 Å². The lowest BCUT2D eigenvalue weighted by atomic mass is 10.2. The normalized spacial score (nSPS) is 19.2. The van der Waals surface area contributed by atoms with Gasteiger partial charge in [0, 0.05) is 45.3 Å². The van der Waals surface area contributed by atoms with E-state index in [4.69, 9.17) is 4.42 Å². The third-order valence-corrected chi connectivity index (χ3v) is 5.05. The first-order chi connectivity index (χ1) is 10.8. The van der Waals surface area contributed by atoms with Crippen molar-refractivity contribution in [3.05, 3.63) is 17.8 Å². The van der Waals surface area contributed by atoms with Crippen LogP contribution in [-0.2, 0) is 27.6 Å². The van der Waals surface area contributed by atoms with Crippen molar-refractivity contribution >= 4 is 15.7 Å². The van der Waals surface area contributed by atoms with Gasteiger partial charge < -0.3 is 14.2 Å². The number of likely N-dealkylation sites (tertiary alicyclic amines) is 1. The van der Waals surface area contributed by atoms with Crippen molar-refractivity contribution in [3.8, 4) is 0 Å². The molecule has 0 spiro atoms. The maximum absolute atomic E-state index is 12.0. The maximum Gasteiger partial charge on any atom is 0.220 e. The van der Waals surface area contributed by atoms with Gasteiger partial charge in [0.2, 0.25) is 11.8 Å². The Balaban J connectivity index is 1.95. The van der Waals surface area contributed by atoms with Gasteiger partial charge in [-0.2, -0.15) is 0 Å². The Morgan fingerprint density at radius 3 is 2.83 bits per heavy atom. The van der Waals surface area contributed by atoms with Gasteiger partial charge in [-0.1, -0.05) is 6.92 Å². The van der Waals surface area contributed by atoms with E-state index in [-0.39, 0.29) is 17.7 Å². The molecule has 23 heavy (non-hydrogen) atoms. The zero-order valence-corrected chi connectivity index (χ0v) is 14.8. The summed E-state index contributed by atoms with van der Waals surface area (Å²) in [4.78, 5) is 20.1. The van der Waals surface area contributed by atoms with Gasteiger partial charge in [-0.3, -0.25) is 4.79 Å². The summed E-state index contributed by atoms with van der Waals surface area (Å²) in [6.45, 7) is 5.90. The fraction of sp³-hybridized carbons (Fsp3) is 0.733. The molecule has 2 rings (SSSR count). The SMILES string of the molecule is CCc1cnc(CN(C(C)=O)[C@@H]2CCN(CCS(C)(=O)=O)C2)o1. The van der Waals surface area contributed by atoms with Gasteiger partial charge in [-0.25, -0.2) is 13.4 Å². The molecule has 0 unspecified atom stereocenters. The molecule has 1 atom stereocenters. The fourth-order valence-electron chi connectivity index (χ4n) is 2.79. The van der Waals surface area contributed by atoms with Crippen molar-refractivity contribution < 1.29 is 17.6 Å². The van der Waals surface area contributed by atoms with E-state index in [9.17, 15) is 13.2 Å². The van der Waals surface area contributed by atoms with E-state index in [0.29, 0.717) is 25.5 Å². The summed E-state index contributed by atoms with van der Waals surface area (Å²) in [6.07, 6.45) is 4.55. The van der Waals surface area contributed by atoms with E-state index >= 15 is 0 Å². The highest BCUT2D eigenvalue weighted by molar-refractivity contribution is 7.90. The molecule has 1 aliphatic rings. The number of carbonyl (C=O) groups is 1. The predicted molar refractivity (Wildman–Crippen MR) is 86.7 cm³/mol. The van der Waals surface area contributed by atoms with Crippen LogP contribution in [-0.4, -0.2) is 66.8 Å². The van der Waals surface area contributed by atoms with Gasteiger partial charge in [0.25, 0.3) is 0 Å². The first kappa shape index (κ1) is 17.9. The quantitative estimate of drug-likeness (QED) is 0.725. The highest BCUT2D eigenvalue weighted by atomic mass is 32.2. The fourth-order valence-corrected chi connectivity index (χ4v) is 3.38. The number of amides is 1. The predicted octanol–water partition coefficient (Wildman–Crippen LogP) is 0.704. The average molecular weight is 343 g/mol. The number of carbonyl (C=O) groups excluding carboxylic acids is 1. The molecular weight excluding hydrogens is 318 g/mol. The Hall–Kier alpha value is -1.41. The molecule has 1 aromatic rings. The van der Waals surface area contributed by atoms with Crippen molar-refractivity contribution in [2.75, 3.05) is 31.6 Å². The van der Waals surface area contributed by atoms with Crippen molar-refractivity contribution in [2.45, 2.75) is 39.3 Å². The molecule has 7 nitrogen and oxygen atoms in total. The number of sulfone groups is 1. The van der Waals surface area contributed by atoms with Crippen LogP contribution in [0.1, 0.15) is 31.9 Å². The molecule has 1 saturated heterocycles. The Morgan fingerprint density at radius 1 is 1.52 bits per heavy atom. The second-order valence-electron chi connectivity index (χ2n) is 6.09. The molecule has 0 aliphatic carbocycles. The van der Waals surface area contributed by atoms with Crippen LogP contribution in [0.5, 0.6) is 0 Å². The lowest BCUT2D eigenvalue weighted by Crippen LogP contribution is -2.40. The Morgan fingerprint density at radius 2 is 2.26 bits per heavy atom. The van der Waals surface area contributed by atoms with Crippen molar-refractivity contribution in [3.63, 3.8) is 0 Å². The summed E-state index contributed by atoms with van der Waals surface area (Å²) in [5.41, 5.74) is 0. The largest absolute Gasteiger partial charge is 0.444 e. The van der Waals surface area contributed by atoms with Crippen LogP contribution < -0.4 is 0 Å². The summed E-state index contributed by atoms with van der Waals surface area (Å²) in [7, 11) is -2.96. The van der Waals surface area contributed by atoms with Crippen LogP contribution in [0, 0.1) is 0 Å². The molecule has 130 valence electrons. The summed E-state index contributed by atoms with van der Waals surface area (Å²) in [5.74, 6) is 1.49. The molecule has 0 radical (unpaired) electrons. The molecule has 0 bridgehead atoms. The van der Waals surface area contributed by atoms with Crippen LogP contribution in [0.25, 0.3) is 0 Å². The highest BCUT2D eigenvalue weighted by Gasteiger charge is 2.30. The standard InChI is InChI=1S/C15H25N3O4S/c1-4-14-9-16-15(22-14)11-18(12(2)19)13-5-6-17(10-13)7-8-23(3,20)21/h9,13H,4-8,10-11H2,1-3H3/t13-/m1/s1. The van der Waals surface area contributed by atoms with Crippen LogP contribution >= 0.6 is 0 Å². The van der Waals surface area contributed by atoms with Crippen LogP contribution in [0.15, 0.2) is 10.6 Å². The van der Waals surface area contributed by atoms with E-state index in [1.165, 1.54) is 6.26 Å². The summed E-state index contributed by atoms with van der Waals surface area (Å²) in [6, 6.07) is 0.0732. The Bertz CT molecular complexity index is 641. The lowest BCUT2D eigenvalue weighted by Gasteiger charge is -2.27. The molecule has 2 heterocycles. The monoisotopic (exact) mass is 343 g/mol. The van der Waals surface area contributed by atoms with E-state index in [2.05, 4.69) is 9.88 Å². The minimum absolute atomic E-state index is 0.0174. The molecule has 0 aromatic carbocycles. The molecule has 0 saturated carbocycles. The first-order valence-corrected chi connectivity index (χ1v) is 9.95. The van der Waals surface area contributed by atoms with Gasteiger partial charge in [0.05, 0.1) is 18.5 Å². The number of rotatable bonds is 7. The average Bonchev–Trinajstić information content (AvgIpc) is 3.10. The zero-order chi connectivity index (χ0) is 17.0. The lowest BCUT2D eigenvalue weighted by molar-refractivity contribution is -0.132. The molecule has 1 amide bonds. The van der Waals surface area contributed by atoms with Crippen molar-refractivity contribution in [1.29, 1.82) is 0 Å². The van der Waals surface area contributed by atoms with E-state index in [1.807, 2.05) is 6.92 Å². The minimum Gasteiger partial charge on any atom is -0.444 e. The Kier molecular flexibility index (Phi) is 5.80. The third-order valence-electron chi connectivity index (χ3n) is 4.13. The molecule has 1 fully saturated rings. The van der Waals surface area contributed by atoms with E-state index < -0.39 is 9.84 Å². The topological polar surface area (TPSA) is 83.7 Å². The molecule has 1 aliphatic heterocycles. The molecule has 0 N–H and O–H groups in total. The van der Waals surface area contributed by atoms with Gasteiger partial charge >= 0.3 is 0 Å². The van der Waals surface area contributed by atoms with Crippen LogP contribution in [0.2, 0.25) is 0 Å². The second kappa shape index (κ2) is 7.44. The van der Waals surface area contributed by atoms with Gasteiger partial charge in [0.15, 0.2) is 0 Å². The van der Waals surface area contributed by atoms with Crippen molar-refractivity contribution in [1.82, 2.24) is 14.8 Å². The second-order valence-corrected chi connectivity index (χ2v) is 8.35. The van der Waals surface area contributed by atoms with Gasteiger partial charge in [-0.05, 0) is 6.42 Å². The number of aromatic nitrogens is 1. The smallest absolute Gasteiger partial charge is 0.220 e. The number of nitrogens with zero attached hydrogens (tertiary/aromatic N) is 3. The number of oxazole rings is 1. The minimum atomic E-state index is -2.96. The molecule has 8 heteroatoms. The van der Waals surface area contributed by atoms with Gasteiger partial charge in [-0.15, -0.1) is 0 Å². The Labute approximate surface area is 137 Å². The van der Waals surface area contributed by atoms with Crippen LogP contribution in [0.3, 0.4) is 0 Å². The van der Waals surface area contributed by atoms with Gasteiger partial charge in [0.1, 0.15) is 15.6 Å². The summed E-state index contributed by atoms with van der Waals surface area (Å²) in [5, 5.41) is 0. The highest BCUT2D eigenvalue weighted by Crippen LogP contribution is 2.19. The molecule has 1 aromatic heterocycles. The third kappa shape index (κ3) is 5.31. The summed E-state index contributed by atoms with van der Waals surface area (Å²) < 4.78 is 28.1.